The number of pyridine rings is 1. The maximum atomic E-state index is 12.5. The lowest BCUT2D eigenvalue weighted by Crippen LogP contribution is -2.19. The molecule has 4 rings (SSSR count). The molecule has 3 aromatic rings. The van der Waals surface area contributed by atoms with Gasteiger partial charge in [-0.3, -0.25) is 14.6 Å². The topological polar surface area (TPSA) is 72.0 Å². The second kappa shape index (κ2) is 4.85. The number of nitrogens with zero attached hydrogens (tertiary/aromatic N) is 2. The molecule has 22 heavy (non-hydrogen) atoms. The molecule has 0 unspecified atom stereocenters. The van der Waals surface area contributed by atoms with Gasteiger partial charge in [0.25, 0.3) is 0 Å². The first-order chi connectivity index (χ1) is 10.7. The van der Waals surface area contributed by atoms with Crippen LogP contribution in [-0.2, 0) is 0 Å². The zero-order chi connectivity index (χ0) is 15.1. The lowest BCUT2D eigenvalue weighted by atomic mass is 9.91. The van der Waals surface area contributed by atoms with Crippen LogP contribution in [0.2, 0.25) is 0 Å². The van der Waals surface area contributed by atoms with Crippen molar-refractivity contribution in [1.29, 1.82) is 0 Å². The number of ketones is 2. The fourth-order valence-electron chi connectivity index (χ4n) is 2.37. The molecule has 0 bridgehead atoms. The van der Waals surface area contributed by atoms with E-state index in [2.05, 4.69) is 15.3 Å². The lowest BCUT2D eigenvalue weighted by Gasteiger charge is -2.11. The molecule has 1 aliphatic carbocycles. The summed E-state index contributed by atoms with van der Waals surface area (Å²) >= 11 is 1.19. The van der Waals surface area contributed by atoms with Gasteiger partial charge in [-0.05, 0) is 12.1 Å². The van der Waals surface area contributed by atoms with Crippen LogP contribution in [0.5, 0.6) is 0 Å². The number of rotatable bonds is 2. The van der Waals surface area contributed by atoms with Crippen molar-refractivity contribution in [2.24, 2.45) is 0 Å². The van der Waals surface area contributed by atoms with E-state index in [1.54, 1.807) is 48.8 Å². The summed E-state index contributed by atoms with van der Waals surface area (Å²) in [5.41, 5.74) is 1.89. The number of thiazole rings is 1. The summed E-state index contributed by atoms with van der Waals surface area (Å²) in [6, 6.07) is 10.4. The van der Waals surface area contributed by atoms with Crippen LogP contribution in [0.25, 0.3) is 0 Å². The Hall–Kier alpha value is -2.86. The lowest BCUT2D eigenvalue weighted by molar-refractivity contribution is 0.0979. The van der Waals surface area contributed by atoms with Crippen molar-refractivity contribution in [2.75, 3.05) is 5.32 Å². The van der Waals surface area contributed by atoms with Crippen molar-refractivity contribution in [3.8, 4) is 0 Å². The van der Waals surface area contributed by atoms with Crippen molar-refractivity contribution < 1.29 is 9.59 Å². The first-order valence-corrected chi connectivity index (χ1v) is 7.42. The summed E-state index contributed by atoms with van der Waals surface area (Å²) in [5, 5.41) is 3.61. The molecular formula is C16H9N3O2S. The van der Waals surface area contributed by atoms with Gasteiger partial charge in [0.05, 0.1) is 0 Å². The molecule has 0 aliphatic heterocycles. The second-order valence-corrected chi connectivity index (χ2v) is 5.76. The molecule has 0 radical (unpaired) electrons. The van der Waals surface area contributed by atoms with Gasteiger partial charge in [0.2, 0.25) is 11.6 Å². The summed E-state index contributed by atoms with van der Waals surface area (Å²) in [5.74, 6) is -0.352. The van der Waals surface area contributed by atoms with Gasteiger partial charge >= 0.3 is 0 Å². The summed E-state index contributed by atoms with van der Waals surface area (Å²) in [6.07, 6.45) is 3.31. The Morgan fingerprint density at radius 3 is 2.32 bits per heavy atom. The highest BCUT2D eigenvalue weighted by Gasteiger charge is 2.33. The summed E-state index contributed by atoms with van der Waals surface area (Å²) in [7, 11) is 0. The molecule has 0 saturated heterocycles. The number of fused-ring (bicyclic) bond motifs is 2. The van der Waals surface area contributed by atoms with Gasteiger partial charge in [-0.15, -0.1) is 0 Å². The second-order valence-electron chi connectivity index (χ2n) is 4.76. The van der Waals surface area contributed by atoms with Crippen LogP contribution in [0.1, 0.15) is 31.3 Å². The molecule has 0 spiro atoms. The molecular weight excluding hydrogens is 298 g/mol. The number of aromatic nitrogens is 2. The molecule has 0 fully saturated rings. The molecule has 1 aromatic carbocycles. The van der Waals surface area contributed by atoms with E-state index in [9.17, 15) is 9.59 Å². The first kappa shape index (κ1) is 12.8. The van der Waals surface area contributed by atoms with Crippen LogP contribution in [0.3, 0.4) is 0 Å². The highest BCUT2D eigenvalue weighted by atomic mass is 32.1. The minimum atomic E-state index is -0.204. The van der Waals surface area contributed by atoms with Gasteiger partial charge in [-0.25, -0.2) is 4.98 Å². The molecule has 2 heterocycles. The Morgan fingerprint density at radius 1 is 0.909 bits per heavy atom. The Labute approximate surface area is 129 Å². The maximum Gasteiger partial charge on any atom is 0.213 e. The van der Waals surface area contributed by atoms with E-state index in [0.717, 1.165) is 5.69 Å². The van der Waals surface area contributed by atoms with Gasteiger partial charge in [0.15, 0.2) is 5.13 Å². The van der Waals surface area contributed by atoms with Crippen LogP contribution in [0.15, 0.2) is 48.8 Å². The number of carbonyl (C=O) groups excluding carboxylic acids is 2. The molecule has 1 aliphatic rings. The van der Waals surface area contributed by atoms with E-state index in [4.69, 9.17) is 0 Å². The number of hydrogen-bond donors (Lipinski definition) is 1. The van der Waals surface area contributed by atoms with Crippen LogP contribution >= 0.6 is 11.3 Å². The molecule has 6 heteroatoms. The summed E-state index contributed by atoms with van der Waals surface area (Å²) < 4.78 is 0. The molecule has 2 aromatic heterocycles. The standard InChI is InChI=1S/C16H9N3O2S/c20-13-10-3-1-2-4-11(10)14(21)15-12(13)19-16(22-15)18-9-5-7-17-8-6-9/h1-8H,(H,17,18,19). The third-order valence-corrected chi connectivity index (χ3v) is 4.37. The summed E-state index contributed by atoms with van der Waals surface area (Å²) in [4.78, 5) is 33.6. The average molecular weight is 307 g/mol. The van der Waals surface area contributed by atoms with Crippen molar-refractivity contribution in [3.63, 3.8) is 0 Å². The number of benzene rings is 1. The third kappa shape index (κ3) is 1.93. The van der Waals surface area contributed by atoms with Crippen molar-refractivity contribution in [2.45, 2.75) is 0 Å². The van der Waals surface area contributed by atoms with E-state index in [1.165, 1.54) is 11.3 Å². The monoisotopic (exact) mass is 307 g/mol. The molecule has 5 nitrogen and oxygen atoms in total. The van der Waals surface area contributed by atoms with E-state index < -0.39 is 0 Å². The van der Waals surface area contributed by atoms with Gasteiger partial charge < -0.3 is 5.32 Å². The fraction of sp³-hybridized carbons (Fsp3) is 0. The predicted molar refractivity (Wildman–Crippen MR) is 82.9 cm³/mol. The Bertz CT molecular complexity index is 850. The fourth-order valence-corrected chi connectivity index (χ4v) is 3.31. The molecule has 0 atom stereocenters. The Balaban J connectivity index is 1.77. The van der Waals surface area contributed by atoms with Crippen LogP contribution < -0.4 is 5.32 Å². The SMILES string of the molecule is O=C1c2ccccc2C(=O)c2sc(Nc3ccncc3)nc21. The van der Waals surface area contributed by atoms with E-state index >= 15 is 0 Å². The largest absolute Gasteiger partial charge is 0.331 e. The number of nitrogens with one attached hydrogen (secondary N) is 1. The van der Waals surface area contributed by atoms with Gasteiger partial charge in [-0.2, -0.15) is 0 Å². The Morgan fingerprint density at radius 2 is 1.59 bits per heavy atom. The molecule has 0 amide bonds. The Kier molecular flexibility index (Phi) is 2.83. The zero-order valence-corrected chi connectivity index (χ0v) is 12.1. The summed E-state index contributed by atoms with van der Waals surface area (Å²) in [6.45, 7) is 0. The van der Waals surface area contributed by atoms with Crippen molar-refractivity contribution >= 4 is 33.7 Å². The number of anilines is 2. The van der Waals surface area contributed by atoms with E-state index in [-0.39, 0.29) is 17.3 Å². The highest BCUT2D eigenvalue weighted by molar-refractivity contribution is 7.18. The van der Waals surface area contributed by atoms with E-state index in [0.29, 0.717) is 21.1 Å². The minimum Gasteiger partial charge on any atom is -0.331 e. The third-order valence-electron chi connectivity index (χ3n) is 3.40. The molecule has 106 valence electrons. The maximum absolute atomic E-state index is 12.5. The molecule has 0 saturated carbocycles. The molecule has 1 N–H and O–H groups in total. The van der Waals surface area contributed by atoms with Crippen molar-refractivity contribution in [3.05, 3.63) is 70.5 Å². The number of hydrogen-bond acceptors (Lipinski definition) is 6. The van der Waals surface area contributed by atoms with Gasteiger partial charge in [0.1, 0.15) is 10.6 Å². The first-order valence-electron chi connectivity index (χ1n) is 6.60. The van der Waals surface area contributed by atoms with Crippen LogP contribution in [0.4, 0.5) is 10.8 Å². The average Bonchev–Trinajstić information content (AvgIpc) is 2.98. The van der Waals surface area contributed by atoms with Crippen LogP contribution in [0, 0.1) is 0 Å². The minimum absolute atomic E-state index is 0.148. The smallest absolute Gasteiger partial charge is 0.213 e. The zero-order valence-electron chi connectivity index (χ0n) is 11.2. The number of carbonyl (C=O) groups is 2. The van der Waals surface area contributed by atoms with Crippen LogP contribution in [-0.4, -0.2) is 21.5 Å². The normalized spacial score (nSPS) is 12.7. The van der Waals surface area contributed by atoms with Gasteiger partial charge in [-0.1, -0.05) is 35.6 Å². The van der Waals surface area contributed by atoms with Crippen molar-refractivity contribution in [1.82, 2.24) is 9.97 Å². The predicted octanol–water partition coefficient (Wildman–Crippen LogP) is 3.06. The highest BCUT2D eigenvalue weighted by Crippen LogP contribution is 2.34. The quantitative estimate of drug-likeness (QED) is 0.616. The van der Waals surface area contributed by atoms with Gasteiger partial charge in [0, 0.05) is 29.2 Å². The van der Waals surface area contributed by atoms with E-state index in [1.807, 2.05) is 0 Å².